The van der Waals surface area contributed by atoms with Crippen LogP contribution in [0.5, 0.6) is 11.5 Å². The molecule has 4 N–H and O–H groups in total. The van der Waals surface area contributed by atoms with E-state index in [2.05, 4.69) is 32.0 Å². The van der Waals surface area contributed by atoms with E-state index in [0.717, 1.165) is 12.0 Å². The van der Waals surface area contributed by atoms with Crippen LogP contribution in [-0.2, 0) is 6.42 Å². The summed E-state index contributed by atoms with van der Waals surface area (Å²) >= 11 is 0. The molecule has 4 nitrogen and oxygen atoms in total. The van der Waals surface area contributed by atoms with Gasteiger partial charge in [-0.05, 0) is 72.9 Å². The largest absolute Gasteiger partial charge is 0.457 e. The number of ketones is 1. The minimum Gasteiger partial charge on any atom is -0.457 e. The van der Waals surface area contributed by atoms with Gasteiger partial charge in [0.25, 0.3) is 0 Å². The minimum atomic E-state index is -0.0460. The molecule has 3 rings (SSSR count). The van der Waals surface area contributed by atoms with Gasteiger partial charge in [0.2, 0.25) is 0 Å². The van der Waals surface area contributed by atoms with Gasteiger partial charge in [-0.1, -0.05) is 63.3 Å². The van der Waals surface area contributed by atoms with Crippen LogP contribution in [0.1, 0.15) is 72.5 Å². The lowest BCUT2D eigenvalue weighted by molar-refractivity contribution is 0.104. The number of allylic oxidation sites excluding steroid dienone is 1. The Morgan fingerprint density at radius 3 is 2.18 bits per heavy atom. The zero-order valence-electron chi connectivity index (χ0n) is 20.3. The highest BCUT2D eigenvalue weighted by molar-refractivity contribution is 6.06. The standard InChI is InChI=1S/C30H36N2O2/c1-3-4-5-6-7-8-9-23-10-11-24(22(2)18-23)14-17-30(33)25-12-15-28(16-13-25)34-29-20-26(31)19-27(32)21-29/h10-21H,3-9,31-32H2,1-2H3/b17-14+. The smallest absolute Gasteiger partial charge is 0.185 e. The van der Waals surface area contributed by atoms with Crippen LogP contribution in [0, 0.1) is 6.92 Å². The summed E-state index contributed by atoms with van der Waals surface area (Å²) in [5.74, 6) is 1.13. The number of benzene rings is 3. The van der Waals surface area contributed by atoms with Crippen molar-refractivity contribution in [3.63, 3.8) is 0 Å². The molecule has 0 aliphatic heterocycles. The molecule has 178 valence electrons. The van der Waals surface area contributed by atoms with E-state index in [0.29, 0.717) is 28.4 Å². The molecule has 0 aliphatic carbocycles. The Morgan fingerprint density at radius 1 is 0.824 bits per heavy atom. The summed E-state index contributed by atoms with van der Waals surface area (Å²) in [4.78, 5) is 12.6. The third-order valence-electron chi connectivity index (χ3n) is 5.89. The molecule has 0 amide bonds. The number of rotatable bonds is 12. The molecule has 4 heteroatoms. The van der Waals surface area contributed by atoms with Crippen molar-refractivity contribution in [3.8, 4) is 11.5 Å². The topological polar surface area (TPSA) is 78.3 Å². The predicted molar refractivity (Wildman–Crippen MR) is 143 cm³/mol. The number of hydrogen-bond donors (Lipinski definition) is 2. The number of carbonyl (C=O) groups is 1. The number of carbonyl (C=O) groups excluding carboxylic acids is 1. The Labute approximate surface area is 203 Å². The number of anilines is 2. The van der Waals surface area contributed by atoms with Crippen molar-refractivity contribution in [2.75, 3.05) is 11.5 Å². The zero-order chi connectivity index (χ0) is 24.3. The average molecular weight is 457 g/mol. The van der Waals surface area contributed by atoms with E-state index in [1.165, 1.54) is 49.7 Å². The van der Waals surface area contributed by atoms with Gasteiger partial charge in [-0.15, -0.1) is 0 Å². The van der Waals surface area contributed by atoms with Crippen molar-refractivity contribution in [2.24, 2.45) is 0 Å². The van der Waals surface area contributed by atoms with Crippen LogP contribution in [0.15, 0.2) is 66.7 Å². The van der Waals surface area contributed by atoms with Gasteiger partial charge in [0.05, 0.1) is 0 Å². The maximum Gasteiger partial charge on any atom is 0.185 e. The number of nitrogen functional groups attached to an aromatic ring is 2. The normalized spacial score (nSPS) is 11.1. The van der Waals surface area contributed by atoms with Gasteiger partial charge < -0.3 is 16.2 Å². The first-order chi connectivity index (χ1) is 16.4. The first-order valence-corrected chi connectivity index (χ1v) is 12.2. The highest BCUT2D eigenvalue weighted by atomic mass is 16.5. The fraction of sp³-hybridized carbons (Fsp3) is 0.300. The lowest BCUT2D eigenvalue weighted by atomic mass is 9.99. The van der Waals surface area contributed by atoms with Gasteiger partial charge in [-0.2, -0.15) is 0 Å². The second kappa shape index (κ2) is 12.6. The third-order valence-corrected chi connectivity index (χ3v) is 5.89. The number of aryl methyl sites for hydroxylation is 2. The van der Waals surface area contributed by atoms with Gasteiger partial charge in [0, 0.05) is 29.1 Å². The highest BCUT2D eigenvalue weighted by Gasteiger charge is 2.05. The van der Waals surface area contributed by atoms with Crippen LogP contribution in [0.2, 0.25) is 0 Å². The van der Waals surface area contributed by atoms with Crippen LogP contribution in [-0.4, -0.2) is 5.78 Å². The number of nitrogens with two attached hydrogens (primary N) is 2. The van der Waals surface area contributed by atoms with E-state index >= 15 is 0 Å². The Balaban J connectivity index is 1.54. The first-order valence-electron chi connectivity index (χ1n) is 12.2. The molecule has 3 aromatic carbocycles. The minimum absolute atomic E-state index is 0.0460. The summed E-state index contributed by atoms with van der Waals surface area (Å²) < 4.78 is 5.79. The van der Waals surface area contributed by atoms with Crippen molar-refractivity contribution in [1.82, 2.24) is 0 Å². The summed E-state index contributed by atoms with van der Waals surface area (Å²) in [5, 5.41) is 0. The molecule has 0 heterocycles. The average Bonchev–Trinajstić information content (AvgIpc) is 2.80. The van der Waals surface area contributed by atoms with E-state index in [-0.39, 0.29) is 5.78 Å². The Bertz CT molecular complexity index is 1100. The fourth-order valence-electron chi connectivity index (χ4n) is 3.98. The van der Waals surface area contributed by atoms with Crippen LogP contribution in [0.4, 0.5) is 11.4 Å². The van der Waals surface area contributed by atoms with Crippen LogP contribution >= 0.6 is 0 Å². The quantitative estimate of drug-likeness (QED) is 0.126. The van der Waals surface area contributed by atoms with Gasteiger partial charge >= 0.3 is 0 Å². The van der Waals surface area contributed by atoms with Crippen molar-refractivity contribution in [2.45, 2.75) is 58.8 Å². The lowest BCUT2D eigenvalue weighted by Crippen LogP contribution is -1.95. The number of hydrogen-bond acceptors (Lipinski definition) is 4. The molecule has 0 atom stereocenters. The molecule has 0 fully saturated rings. The first kappa shape index (κ1) is 25.1. The summed E-state index contributed by atoms with van der Waals surface area (Å²) in [5.41, 5.74) is 16.9. The summed E-state index contributed by atoms with van der Waals surface area (Å²) in [7, 11) is 0. The van der Waals surface area contributed by atoms with Crippen LogP contribution in [0.25, 0.3) is 6.08 Å². The summed E-state index contributed by atoms with van der Waals surface area (Å²) in [6, 6.07) is 18.7. The SMILES string of the molecule is CCCCCCCCc1ccc(/C=C/C(=O)c2ccc(Oc3cc(N)cc(N)c3)cc2)c(C)c1. The molecule has 0 bridgehead atoms. The highest BCUT2D eigenvalue weighted by Crippen LogP contribution is 2.26. The third kappa shape index (κ3) is 7.80. The molecule has 0 saturated carbocycles. The molecular weight excluding hydrogens is 420 g/mol. The molecule has 0 radical (unpaired) electrons. The van der Waals surface area contributed by atoms with E-state index in [4.69, 9.17) is 16.2 Å². The monoisotopic (exact) mass is 456 g/mol. The zero-order valence-corrected chi connectivity index (χ0v) is 20.3. The molecule has 34 heavy (non-hydrogen) atoms. The second-order valence-corrected chi connectivity index (χ2v) is 8.87. The Hall–Kier alpha value is -3.53. The van der Waals surface area contributed by atoms with Gasteiger partial charge in [-0.3, -0.25) is 4.79 Å². The molecule has 0 aromatic heterocycles. The predicted octanol–water partition coefficient (Wildman–Crippen LogP) is 7.75. The maximum atomic E-state index is 12.6. The maximum absolute atomic E-state index is 12.6. The summed E-state index contributed by atoms with van der Waals surface area (Å²) in [6.45, 7) is 4.35. The van der Waals surface area contributed by atoms with Gasteiger partial charge in [-0.25, -0.2) is 0 Å². The van der Waals surface area contributed by atoms with E-state index in [9.17, 15) is 4.79 Å². The molecular formula is C30H36N2O2. The van der Waals surface area contributed by atoms with Crippen LogP contribution in [0.3, 0.4) is 0 Å². The van der Waals surface area contributed by atoms with Gasteiger partial charge in [0.1, 0.15) is 11.5 Å². The number of ether oxygens (including phenoxy) is 1. The van der Waals surface area contributed by atoms with E-state index in [1.807, 2.05) is 6.08 Å². The van der Waals surface area contributed by atoms with Crippen molar-refractivity contribution in [1.29, 1.82) is 0 Å². The Morgan fingerprint density at radius 2 is 1.50 bits per heavy atom. The second-order valence-electron chi connectivity index (χ2n) is 8.87. The summed E-state index contributed by atoms with van der Waals surface area (Å²) in [6.07, 6.45) is 12.5. The molecule has 0 aliphatic rings. The van der Waals surface area contributed by atoms with E-state index < -0.39 is 0 Å². The number of unbranched alkanes of at least 4 members (excludes halogenated alkanes) is 5. The van der Waals surface area contributed by atoms with E-state index in [1.54, 1.807) is 48.5 Å². The van der Waals surface area contributed by atoms with Crippen LogP contribution < -0.4 is 16.2 Å². The fourth-order valence-corrected chi connectivity index (χ4v) is 3.98. The van der Waals surface area contributed by atoms with Gasteiger partial charge in [0.15, 0.2) is 5.78 Å². The molecule has 0 unspecified atom stereocenters. The molecule has 0 saturated heterocycles. The van der Waals surface area contributed by atoms with Crippen molar-refractivity contribution in [3.05, 3.63) is 89.0 Å². The molecule has 3 aromatic rings. The van der Waals surface area contributed by atoms with Crippen molar-refractivity contribution < 1.29 is 9.53 Å². The van der Waals surface area contributed by atoms with Crippen molar-refractivity contribution >= 4 is 23.2 Å². The Kier molecular flexibility index (Phi) is 9.33. The lowest BCUT2D eigenvalue weighted by Gasteiger charge is -2.08. The molecule has 0 spiro atoms.